The molecule has 0 bridgehead atoms. The van der Waals surface area contributed by atoms with E-state index < -0.39 is 5.97 Å². The first-order chi connectivity index (χ1) is 8.17. The van der Waals surface area contributed by atoms with E-state index in [1.807, 2.05) is 0 Å². The minimum absolute atomic E-state index is 0.0416. The first-order valence-corrected chi connectivity index (χ1v) is 5.77. The van der Waals surface area contributed by atoms with E-state index in [0.29, 0.717) is 11.8 Å². The van der Waals surface area contributed by atoms with Crippen LogP contribution in [0.2, 0.25) is 0 Å². The van der Waals surface area contributed by atoms with Crippen molar-refractivity contribution in [3.63, 3.8) is 0 Å². The molecule has 5 nitrogen and oxygen atoms in total. The number of ether oxygens (including phenoxy) is 1. The number of rotatable bonds is 3. The number of hydrogen-bond acceptors (Lipinski definition) is 4. The summed E-state index contributed by atoms with van der Waals surface area (Å²) in [5.74, 6) is -0.588. The van der Waals surface area contributed by atoms with Gasteiger partial charge < -0.3 is 4.74 Å². The number of hydrogen-bond donors (Lipinski definition) is 0. The van der Waals surface area contributed by atoms with Gasteiger partial charge in [0, 0.05) is 10.7 Å². The second kappa shape index (κ2) is 4.67. The van der Waals surface area contributed by atoms with Crippen LogP contribution in [0.4, 0.5) is 0 Å². The topological polar surface area (TPSA) is 60.7 Å². The Morgan fingerprint density at radius 3 is 3.00 bits per heavy atom. The molecule has 0 aliphatic heterocycles. The predicted molar refractivity (Wildman–Crippen MR) is 64.2 cm³/mol. The molecule has 0 aliphatic carbocycles. The molecule has 2 aromatic rings. The number of carbonyl (C=O) groups is 2. The molecule has 0 N–H and O–H groups in total. The molecule has 0 fully saturated rings. The highest BCUT2D eigenvalue weighted by Crippen LogP contribution is 2.18. The summed E-state index contributed by atoms with van der Waals surface area (Å²) in [6.07, 6.45) is 2.29. The zero-order chi connectivity index (χ0) is 12.4. The fourth-order valence-electron chi connectivity index (χ4n) is 1.51. The number of halogens is 1. The van der Waals surface area contributed by atoms with Crippen LogP contribution >= 0.6 is 15.9 Å². The number of aldehydes is 1. The monoisotopic (exact) mass is 296 g/mol. The van der Waals surface area contributed by atoms with Crippen LogP contribution < -0.4 is 0 Å². The standard InChI is InChI=1S/C11H9BrN2O3/c1-2-17-11(16)10-8(6-15)9-4-3-7(12)5-14(9)13-10/h3-6H,2H2,1H3. The third kappa shape index (κ3) is 2.08. The van der Waals surface area contributed by atoms with Gasteiger partial charge in [0.05, 0.1) is 17.7 Å². The van der Waals surface area contributed by atoms with E-state index in [1.54, 1.807) is 25.3 Å². The molecule has 0 saturated carbocycles. The molecule has 0 amide bonds. The van der Waals surface area contributed by atoms with E-state index in [-0.39, 0.29) is 17.9 Å². The summed E-state index contributed by atoms with van der Waals surface area (Å²) < 4.78 is 7.12. The molecule has 2 rings (SSSR count). The van der Waals surface area contributed by atoms with Crippen molar-refractivity contribution < 1.29 is 14.3 Å². The molecule has 0 saturated heterocycles. The maximum Gasteiger partial charge on any atom is 0.359 e. The number of pyridine rings is 1. The van der Waals surface area contributed by atoms with Gasteiger partial charge >= 0.3 is 5.97 Å². The quantitative estimate of drug-likeness (QED) is 0.643. The van der Waals surface area contributed by atoms with Gasteiger partial charge in [-0.3, -0.25) is 4.79 Å². The summed E-state index contributed by atoms with van der Waals surface area (Å²) in [4.78, 5) is 22.6. The molecular weight excluding hydrogens is 288 g/mol. The highest BCUT2D eigenvalue weighted by molar-refractivity contribution is 9.10. The number of aromatic nitrogens is 2. The number of carbonyl (C=O) groups excluding carboxylic acids is 2. The highest BCUT2D eigenvalue weighted by atomic mass is 79.9. The van der Waals surface area contributed by atoms with E-state index in [2.05, 4.69) is 21.0 Å². The van der Waals surface area contributed by atoms with Crippen LogP contribution in [-0.4, -0.2) is 28.5 Å². The predicted octanol–water partition coefficient (Wildman–Crippen LogP) is 2.09. The second-order valence-electron chi connectivity index (χ2n) is 3.28. The minimum atomic E-state index is -0.588. The Labute approximate surface area is 106 Å². The Hall–Kier alpha value is -1.69. The van der Waals surface area contributed by atoms with Crippen LogP contribution in [-0.2, 0) is 4.74 Å². The molecule has 0 unspecified atom stereocenters. The third-order valence-electron chi connectivity index (χ3n) is 2.22. The maximum absolute atomic E-state index is 11.6. The largest absolute Gasteiger partial charge is 0.461 e. The van der Waals surface area contributed by atoms with E-state index in [9.17, 15) is 9.59 Å². The average molecular weight is 297 g/mol. The summed E-state index contributed by atoms with van der Waals surface area (Å²) in [5, 5.41) is 4.04. The Morgan fingerprint density at radius 2 is 2.35 bits per heavy atom. The van der Waals surface area contributed by atoms with Crippen molar-refractivity contribution in [2.45, 2.75) is 6.92 Å². The summed E-state index contributed by atoms with van der Waals surface area (Å²) in [6.45, 7) is 1.94. The smallest absolute Gasteiger partial charge is 0.359 e. The Balaban J connectivity index is 2.63. The minimum Gasteiger partial charge on any atom is -0.461 e. The molecule has 88 valence electrons. The molecule has 0 atom stereocenters. The Bertz CT molecular complexity index is 592. The van der Waals surface area contributed by atoms with Gasteiger partial charge in [0.2, 0.25) is 0 Å². The fourth-order valence-corrected chi connectivity index (χ4v) is 1.84. The molecule has 0 spiro atoms. The van der Waals surface area contributed by atoms with Gasteiger partial charge in [-0.25, -0.2) is 9.31 Å². The zero-order valence-electron chi connectivity index (χ0n) is 9.01. The molecular formula is C11H9BrN2O3. The summed E-state index contributed by atoms with van der Waals surface area (Å²) in [5.41, 5.74) is 0.863. The lowest BCUT2D eigenvalue weighted by molar-refractivity contribution is 0.0517. The van der Waals surface area contributed by atoms with Crippen molar-refractivity contribution >= 4 is 33.7 Å². The van der Waals surface area contributed by atoms with Crippen molar-refractivity contribution in [3.05, 3.63) is 34.1 Å². The van der Waals surface area contributed by atoms with Gasteiger partial charge in [0.25, 0.3) is 0 Å². The van der Waals surface area contributed by atoms with Gasteiger partial charge in [-0.15, -0.1) is 0 Å². The fraction of sp³-hybridized carbons (Fsp3) is 0.182. The lowest BCUT2D eigenvalue weighted by Gasteiger charge is -1.97. The molecule has 0 aromatic carbocycles. The van der Waals surface area contributed by atoms with Crippen LogP contribution in [0.3, 0.4) is 0 Å². The highest BCUT2D eigenvalue weighted by Gasteiger charge is 2.19. The molecule has 2 heterocycles. The SMILES string of the molecule is CCOC(=O)c1nn2cc(Br)ccc2c1C=O. The van der Waals surface area contributed by atoms with Crippen molar-refractivity contribution in [2.75, 3.05) is 6.61 Å². The number of fused-ring (bicyclic) bond motifs is 1. The summed E-state index contributed by atoms with van der Waals surface area (Å²) in [7, 11) is 0. The van der Waals surface area contributed by atoms with Gasteiger partial charge in [-0.1, -0.05) is 0 Å². The normalized spacial score (nSPS) is 10.5. The molecule has 6 heteroatoms. The van der Waals surface area contributed by atoms with E-state index in [1.165, 1.54) is 4.52 Å². The van der Waals surface area contributed by atoms with Gasteiger partial charge in [0.1, 0.15) is 0 Å². The van der Waals surface area contributed by atoms with Crippen molar-refractivity contribution in [1.82, 2.24) is 9.61 Å². The van der Waals surface area contributed by atoms with E-state index in [4.69, 9.17) is 4.74 Å². The van der Waals surface area contributed by atoms with Crippen LogP contribution in [0.25, 0.3) is 5.52 Å². The third-order valence-corrected chi connectivity index (χ3v) is 2.69. The van der Waals surface area contributed by atoms with Gasteiger partial charge in [0.15, 0.2) is 12.0 Å². The first-order valence-electron chi connectivity index (χ1n) is 4.97. The number of esters is 1. The van der Waals surface area contributed by atoms with Gasteiger partial charge in [-0.05, 0) is 35.0 Å². The van der Waals surface area contributed by atoms with Crippen molar-refractivity contribution in [2.24, 2.45) is 0 Å². The van der Waals surface area contributed by atoms with Crippen molar-refractivity contribution in [1.29, 1.82) is 0 Å². The molecule has 2 aromatic heterocycles. The summed E-state index contributed by atoms with van der Waals surface area (Å²) in [6, 6.07) is 3.49. The van der Waals surface area contributed by atoms with E-state index in [0.717, 1.165) is 4.47 Å². The Kier molecular flexibility index (Phi) is 3.23. The maximum atomic E-state index is 11.6. The Morgan fingerprint density at radius 1 is 1.59 bits per heavy atom. The molecule has 0 aliphatic rings. The van der Waals surface area contributed by atoms with Crippen LogP contribution in [0.1, 0.15) is 27.8 Å². The molecule has 0 radical (unpaired) electrons. The zero-order valence-corrected chi connectivity index (χ0v) is 10.6. The van der Waals surface area contributed by atoms with Crippen LogP contribution in [0.15, 0.2) is 22.8 Å². The lowest BCUT2D eigenvalue weighted by atomic mass is 10.2. The van der Waals surface area contributed by atoms with Crippen LogP contribution in [0, 0.1) is 0 Å². The van der Waals surface area contributed by atoms with E-state index >= 15 is 0 Å². The lowest BCUT2D eigenvalue weighted by Crippen LogP contribution is -2.07. The first kappa shape index (κ1) is 11.8. The van der Waals surface area contributed by atoms with Gasteiger partial charge in [-0.2, -0.15) is 5.10 Å². The average Bonchev–Trinajstić information content (AvgIpc) is 2.66. The van der Waals surface area contributed by atoms with Crippen LogP contribution in [0.5, 0.6) is 0 Å². The summed E-state index contributed by atoms with van der Waals surface area (Å²) >= 11 is 3.29. The molecule has 17 heavy (non-hydrogen) atoms. The second-order valence-corrected chi connectivity index (χ2v) is 4.19. The van der Waals surface area contributed by atoms with Crippen molar-refractivity contribution in [3.8, 4) is 0 Å². The number of nitrogens with zero attached hydrogens (tertiary/aromatic N) is 2.